The van der Waals surface area contributed by atoms with E-state index in [0.29, 0.717) is 12.8 Å². The lowest BCUT2D eigenvalue weighted by atomic mass is 9.84. The van der Waals surface area contributed by atoms with Crippen LogP contribution in [0.2, 0.25) is 0 Å². The minimum atomic E-state index is -0.992. The maximum absolute atomic E-state index is 12.1. The minimum Gasteiger partial charge on any atom is -0.480 e. The van der Waals surface area contributed by atoms with Gasteiger partial charge in [0.1, 0.15) is 6.04 Å². The second-order valence-electron chi connectivity index (χ2n) is 6.73. The molecular weight excluding hydrogens is 244 g/mol. The van der Waals surface area contributed by atoms with Crippen molar-refractivity contribution in [1.29, 1.82) is 0 Å². The number of carbonyl (C=O) groups excluding carboxylic acids is 1. The van der Waals surface area contributed by atoms with Crippen LogP contribution in [0, 0.1) is 17.3 Å². The highest BCUT2D eigenvalue weighted by atomic mass is 16.4. The van der Waals surface area contributed by atoms with Crippen LogP contribution < -0.4 is 11.1 Å². The minimum absolute atomic E-state index is 0.0157. The topological polar surface area (TPSA) is 92.4 Å². The molecular formula is C14H28N2O3. The third-order valence-corrected chi connectivity index (χ3v) is 2.84. The Bertz CT molecular complexity index is 308. The van der Waals surface area contributed by atoms with Gasteiger partial charge < -0.3 is 16.2 Å². The van der Waals surface area contributed by atoms with E-state index in [2.05, 4.69) is 5.32 Å². The molecule has 0 fully saturated rings. The van der Waals surface area contributed by atoms with Gasteiger partial charge in [0, 0.05) is 6.54 Å². The molecule has 0 spiro atoms. The van der Waals surface area contributed by atoms with Crippen molar-refractivity contribution >= 4 is 11.9 Å². The summed E-state index contributed by atoms with van der Waals surface area (Å²) in [4.78, 5) is 23.2. The fourth-order valence-corrected chi connectivity index (χ4v) is 2.00. The van der Waals surface area contributed by atoms with Gasteiger partial charge in [0.05, 0.1) is 5.92 Å². The second-order valence-corrected chi connectivity index (χ2v) is 6.73. The van der Waals surface area contributed by atoms with E-state index in [1.165, 1.54) is 0 Å². The standard InChI is InChI=1S/C14H28N2O3/c1-9(2)6-11(13(18)19)16-12(17)10(8-15)7-14(3,4)5/h9-11H,6-8,15H2,1-5H3,(H,16,17)(H,18,19)/t10?,11-/m1/s1. The Morgan fingerprint density at radius 3 is 2.11 bits per heavy atom. The molecule has 0 aliphatic carbocycles. The maximum atomic E-state index is 12.1. The normalized spacial score (nSPS) is 15.1. The van der Waals surface area contributed by atoms with Gasteiger partial charge in [0.15, 0.2) is 0 Å². The molecule has 0 radical (unpaired) electrons. The Morgan fingerprint density at radius 1 is 1.26 bits per heavy atom. The number of hydrogen-bond donors (Lipinski definition) is 3. The number of hydrogen-bond acceptors (Lipinski definition) is 3. The molecule has 4 N–H and O–H groups in total. The molecule has 0 saturated carbocycles. The second kappa shape index (κ2) is 7.48. The first-order valence-electron chi connectivity index (χ1n) is 6.80. The van der Waals surface area contributed by atoms with E-state index < -0.39 is 12.0 Å². The SMILES string of the molecule is CC(C)C[C@@H](NC(=O)C(CN)CC(C)(C)C)C(=O)O. The molecule has 0 aliphatic rings. The van der Waals surface area contributed by atoms with E-state index in [1.807, 2.05) is 34.6 Å². The van der Waals surface area contributed by atoms with Gasteiger partial charge in [-0.25, -0.2) is 4.79 Å². The molecule has 0 bridgehead atoms. The van der Waals surface area contributed by atoms with Gasteiger partial charge in [-0.05, 0) is 24.2 Å². The monoisotopic (exact) mass is 272 g/mol. The number of nitrogens with one attached hydrogen (secondary N) is 1. The molecule has 5 heteroatoms. The molecule has 0 aromatic carbocycles. The average Bonchev–Trinajstić information content (AvgIpc) is 2.22. The van der Waals surface area contributed by atoms with Crippen molar-refractivity contribution in [3.63, 3.8) is 0 Å². The van der Waals surface area contributed by atoms with E-state index in [1.54, 1.807) is 0 Å². The van der Waals surface area contributed by atoms with Crippen LogP contribution in [0.5, 0.6) is 0 Å². The van der Waals surface area contributed by atoms with Gasteiger partial charge in [-0.15, -0.1) is 0 Å². The lowest BCUT2D eigenvalue weighted by molar-refractivity contribution is -0.143. The lowest BCUT2D eigenvalue weighted by Crippen LogP contribution is -2.46. The summed E-state index contributed by atoms with van der Waals surface area (Å²) in [7, 11) is 0. The van der Waals surface area contributed by atoms with Crippen molar-refractivity contribution in [3.05, 3.63) is 0 Å². The van der Waals surface area contributed by atoms with Gasteiger partial charge in [-0.2, -0.15) is 0 Å². The van der Waals surface area contributed by atoms with Crippen molar-refractivity contribution in [2.45, 2.75) is 53.5 Å². The van der Waals surface area contributed by atoms with E-state index in [4.69, 9.17) is 10.8 Å². The zero-order valence-corrected chi connectivity index (χ0v) is 12.7. The molecule has 112 valence electrons. The molecule has 19 heavy (non-hydrogen) atoms. The molecule has 0 aromatic rings. The van der Waals surface area contributed by atoms with Gasteiger partial charge in [0.2, 0.25) is 5.91 Å². The quantitative estimate of drug-likeness (QED) is 0.656. The molecule has 1 amide bonds. The molecule has 2 atom stereocenters. The van der Waals surface area contributed by atoms with Crippen molar-refractivity contribution in [2.75, 3.05) is 6.54 Å². The van der Waals surface area contributed by atoms with Gasteiger partial charge in [0.25, 0.3) is 0 Å². The van der Waals surface area contributed by atoms with Crippen LogP contribution in [0.3, 0.4) is 0 Å². The van der Waals surface area contributed by atoms with Gasteiger partial charge >= 0.3 is 5.97 Å². The molecule has 0 aliphatic heterocycles. The first kappa shape index (κ1) is 17.9. The summed E-state index contributed by atoms with van der Waals surface area (Å²) in [6.07, 6.45) is 1.07. The number of carboxylic acids is 1. The average molecular weight is 272 g/mol. The molecule has 0 heterocycles. The summed E-state index contributed by atoms with van der Waals surface area (Å²) in [5.41, 5.74) is 5.61. The smallest absolute Gasteiger partial charge is 0.326 e. The number of nitrogens with two attached hydrogens (primary N) is 1. The van der Waals surface area contributed by atoms with Crippen molar-refractivity contribution in [1.82, 2.24) is 5.32 Å². The summed E-state index contributed by atoms with van der Waals surface area (Å²) in [5, 5.41) is 11.7. The van der Waals surface area contributed by atoms with Crippen molar-refractivity contribution in [2.24, 2.45) is 23.0 Å². The maximum Gasteiger partial charge on any atom is 0.326 e. The first-order valence-corrected chi connectivity index (χ1v) is 6.80. The van der Waals surface area contributed by atoms with Crippen LogP contribution in [0.15, 0.2) is 0 Å². The molecule has 0 saturated heterocycles. The van der Waals surface area contributed by atoms with Crippen LogP contribution in [-0.4, -0.2) is 29.6 Å². The predicted octanol–water partition coefficient (Wildman–Crippen LogP) is 1.61. The van der Waals surface area contributed by atoms with Crippen molar-refractivity contribution in [3.8, 4) is 0 Å². The predicted molar refractivity (Wildman–Crippen MR) is 75.6 cm³/mol. The highest BCUT2D eigenvalue weighted by molar-refractivity contribution is 5.85. The van der Waals surface area contributed by atoms with Crippen molar-refractivity contribution < 1.29 is 14.7 Å². The zero-order valence-electron chi connectivity index (χ0n) is 12.7. The highest BCUT2D eigenvalue weighted by Gasteiger charge is 2.28. The van der Waals surface area contributed by atoms with E-state index >= 15 is 0 Å². The number of carboxylic acid groups (broad SMARTS) is 1. The van der Waals surface area contributed by atoms with Crippen LogP contribution in [0.4, 0.5) is 0 Å². The fourth-order valence-electron chi connectivity index (χ4n) is 2.00. The third kappa shape index (κ3) is 7.82. The van der Waals surface area contributed by atoms with E-state index in [0.717, 1.165) is 0 Å². The molecule has 5 nitrogen and oxygen atoms in total. The third-order valence-electron chi connectivity index (χ3n) is 2.84. The van der Waals surface area contributed by atoms with Crippen LogP contribution in [0.25, 0.3) is 0 Å². The Balaban J connectivity index is 4.64. The summed E-state index contributed by atoms with van der Waals surface area (Å²) in [6, 6.07) is -0.832. The van der Waals surface area contributed by atoms with Gasteiger partial charge in [-0.1, -0.05) is 34.6 Å². The summed E-state index contributed by atoms with van der Waals surface area (Å²) >= 11 is 0. The number of amides is 1. The fraction of sp³-hybridized carbons (Fsp3) is 0.857. The number of carbonyl (C=O) groups is 2. The van der Waals surface area contributed by atoms with Crippen LogP contribution >= 0.6 is 0 Å². The van der Waals surface area contributed by atoms with Gasteiger partial charge in [-0.3, -0.25) is 4.79 Å². The van der Waals surface area contributed by atoms with E-state index in [9.17, 15) is 9.59 Å². The number of rotatable bonds is 7. The van der Waals surface area contributed by atoms with Crippen LogP contribution in [0.1, 0.15) is 47.5 Å². The number of aliphatic carboxylic acids is 1. The highest BCUT2D eigenvalue weighted by Crippen LogP contribution is 2.24. The molecule has 0 rings (SSSR count). The Morgan fingerprint density at radius 2 is 1.79 bits per heavy atom. The zero-order chi connectivity index (χ0) is 15.2. The summed E-state index contributed by atoms with van der Waals surface area (Å²) in [6.45, 7) is 10.2. The molecule has 1 unspecified atom stereocenters. The summed E-state index contributed by atoms with van der Waals surface area (Å²) < 4.78 is 0. The largest absolute Gasteiger partial charge is 0.480 e. The Labute approximate surface area is 115 Å². The Hall–Kier alpha value is -1.10. The van der Waals surface area contributed by atoms with E-state index in [-0.39, 0.29) is 29.7 Å². The summed E-state index contributed by atoms with van der Waals surface area (Å²) in [5.74, 6) is -1.38. The van der Waals surface area contributed by atoms with Crippen LogP contribution in [-0.2, 0) is 9.59 Å². The Kier molecular flexibility index (Phi) is 7.05. The molecule has 0 aromatic heterocycles. The first-order chi connectivity index (χ1) is 8.56. The lowest BCUT2D eigenvalue weighted by Gasteiger charge is -2.26.